The van der Waals surface area contributed by atoms with Gasteiger partial charge in [0.1, 0.15) is 0 Å². The van der Waals surface area contributed by atoms with Crippen molar-refractivity contribution in [1.29, 1.82) is 0 Å². The fourth-order valence-corrected chi connectivity index (χ4v) is 0.250. The third-order valence-electron chi connectivity index (χ3n) is 1.62. The van der Waals surface area contributed by atoms with Gasteiger partial charge >= 0.3 is 8.69 Å². The molecule has 0 aliphatic heterocycles. The molecule has 10 heavy (non-hydrogen) atoms. The van der Waals surface area contributed by atoms with Crippen molar-refractivity contribution in [2.24, 2.45) is 5.73 Å². The monoisotopic (exact) mass is 165 g/mol. The molecule has 0 saturated carbocycles. The van der Waals surface area contributed by atoms with Gasteiger partial charge in [0.15, 0.2) is 0 Å². The number of nitrogens with two attached hydrogens (primary N) is 1. The molecule has 0 atom stereocenters. The second-order valence-electron chi connectivity index (χ2n) is 2.44. The molecule has 0 bridgehead atoms. The minimum absolute atomic E-state index is 0.0833. The molecule has 0 aliphatic carbocycles. The average Bonchev–Trinajstić information content (AvgIpc) is 1.90. The Balaban J connectivity index is 0. The van der Waals surface area contributed by atoms with Crippen molar-refractivity contribution in [1.82, 2.24) is 0 Å². The Morgan fingerprint density at radius 3 is 1.70 bits per heavy atom. The summed E-state index contributed by atoms with van der Waals surface area (Å²) >= 11 is 0. The molecule has 0 amide bonds. The lowest BCUT2D eigenvalue weighted by Crippen LogP contribution is -2.33. The van der Waals surface area contributed by atoms with E-state index in [9.17, 15) is 0 Å². The zero-order valence-electron chi connectivity index (χ0n) is 6.79. The summed E-state index contributed by atoms with van der Waals surface area (Å²) < 4.78 is 8.46. The first-order valence-electron chi connectivity index (χ1n) is 3.29. The smallest absolute Gasteiger partial charge is 0.324 e. The van der Waals surface area contributed by atoms with Gasteiger partial charge in [-0.25, -0.2) is 4.57 Å². The van der Waals surface area contributed by atoms with Crippen LogP contribution in [0.4, 0.5) is 0 Å². The quantitative estimate of drug-likeness (QED) is 0.612. The fourth-order valence-electron chi connectivity index (χ4n) is 0.250. The summed E-state index contributed by atoms with van der Waals surface area (Å²) in [5, 5.41) is 0. The summed E-state index contributed by atoms with van der Waals surface area (Å²) in [7, 11) is -0.833. The summed E-state index contributed by atoms with van der Waals surface area (Å²) in [5.41, 5.74) is 5.80. The summed E-state index contributed by atoms with van der Waals surface area (Å²) in [5.74, 6) is 0. The SMILES string of the molecule is CCC(C)(N)CC.O=PO. The van der Waals surface area contributed by atoms with E-state index in [0.717, 1.165) is 12.8 Å². The molecule has 0 unspecified atom stereocenters. The van der Waals surface area contributed by atoms with E-state index in [1.807, 2.05) is 0 Å². The molecule has 4 heteroatoms. The van der Waals surface area contributed by atoms with Crippen molar-refractivity contribution in [2.45, 2.75) is 39.2 Å². The Morgan fingerprint density at radius 1 is 1.50 bits per heavy atom. The van der Waals surface area contributed by atoms with E-state index in [4.69, 9.17) is 15.2 Å². The molecular formula is C6H16NO2P. The lowest BCUT2D eigenvalue weighted by molar-refractivity contribution is 0.437. The Morgan fingerprint density at radius 2 is 1.70 bits per heavy atom. The van der Waals surface area contributed by atoms with Crippen LogP contribution in [0.5, 0.6) is 0 Å². The van der Waals surface area contributed by atoms with Gasteiger partial charge in [0.05, 0.1) is 0 Å². The summed E-state index contributed by atoms with van der Waals surface area (Å²) in [6.07, 6.45) is 2.15. The van der Waals surface area contributed by atoms with Gasteiger partial charge in [-0.15, -0.1) is 0 Å². The van der Waals surface area contributed by atoms with Gasteiger partial charge in [0.25, 0.3) is 0 Å². The average molecular weight is 165 g/mol. The van der Waals surface area contributed by atoms with Crippen LogP contribution in [0.1, 0.15) is 33.6 Å². The van der Waals surface area contributed by atoms with E-state index in [1.54, 1.807) is 0 Å². The molecule has 0 spiro atoms. The van der Waals surface area contributed by atoms with Gasteiger partial charge in [-0.1, -0.05) is 13.8 Å². The molecule has 0 aliphatic rings. The van der Waals surface area contributed by atoms with Crippen LogP contribution in [0.25, 0.3) is 0 Å². The highest BCUT2D eigenvalue weighted by molar-refractivity contribution is 7.16. The Bertz CT molecular complexity index is 79.8. The second kappa shape index (κ2) is 7.13. The molecule has 3 N–H and O–H groups in total. The van der Waals surface area contributed by atoms with Crippen molar-refractivity contribution in [3.8, 4) is 0 Å². The van der Waals surface area contributed by atoms with Crippen LogP contribution in [0, 0.1) is 0 Å². The van der Waals surface area contributed by atoms with Gasteiger partial charge in [0, 0.05) is 5.54 Å². The third kappa shape index (κ3) is 10.9. The molecule has 0 saturated heterocycles. The standard InChI is InChI=1S/C6H15N.HO2P/c1-4-6(3,7)5-2;1-3-2/h4-5,7H2,1-3H3;(H,1,2). The first-order chi connectivity index (χ1) is 4.54. The molecule has 3 nitrogen and oxygen atoms in total. The molecule has 0 aromatic heterocycles. The van der Waals surface area contributed by atoms with Gasteiger partial charge < -0.3 is 10.6 Å². The highest BCUT2D eigenvalue weighted by atomic mass is 31.1. The van der Waals surface area contributed by atoms with Crippen molar-refractivity contribution >= 4 is 8.69 Å². The Hall–Kier alpha value is 0.0200. The van der Waals surface area contributed by atoms with Crippen LogP contribution in [0.15, 0.2) is 0 Å². The van der Waals surface area contributed by atoms with E-state index in [1.165, 1.54) is 0 Å². The lowest BCUT2D eigenvalue weighted by atomic mass is 9.98. The maximum Gasteiger partial charge on any atom is 0.324 e. The molecule has 62 valence electrons. The fraction of sp³-hybridized carbons (Fsp3) is 1.00. The van der Waals surface area contributed by atoms with Crippen LogP contribution in [0.2, 0.25) is 0 Å². The molecule has 0 aromatic rings. The predicted octanol–water partition coefficient (Wildman–Crippen LogP) is 1.71. The van der Waals surface area contributed by atoms with Crippen LogP contribution in [-0.2, 0) is 4.57 Å². The minimum Gasteiger partial charge on any atom is -0.325 e. The summed E-state index contributed by atoms with van der Waals surface area (Å²) in [4.78, 5) is 6.99. The van der Waals surface area contributed by atoms with Gasteiger partial charge in [-0.2, -0.15) is 0 Å². The maximum absolute atomic E-state index is 8.46. The van der Waals surface area contributed by atoms with E-state index in [-0.39, 0.29) is 5.54 Å². The van der Waals surface area contributed by atoms with E-state index < -0.39 is 8.69 Å². The Labute approximate surface area is 63.9 Å². The zero-order chi connectivity index (χ0) is 8.62. The first kappa shape index (κ1) is 12.7. The van der Waals surface area contributed by atoms with Crippen molar-refractivity contribution in [2.75, 3.05) is 0 Å². The summed E-state index contributed by atoms with van der Waals surface area (Å²) in [6, 6.07) is 0. The maximum atomic E-state index is 8.46. The van der Waals surface area contributed by atoms with E-state index in [0.29, 0.717) is 0 Å². The van der Waals surface area contributed by atoms with Gasteiger partial charge in [-0.05, 0) is 19.8 Å². The van der Waals surface area contributed by atoms with Crippen molar-refractivity contribution in [3.05, 3.63) is 0 Å². The highest BCUT2D eigenvalue weighted by Gasteiger charge is 2.10. The summed E-state index contributed by atoms with van der Waals surface area (Å²) in [6.45, 7) is 6.31. The van der Waals surface area contributed by atoms with Gasteiger partial charge in [-0.3, -0.25) is 0 Å². The third-order valence-corrected chi connectivity index (χ3v) is 1.62. The topological polar surface area (TPSA) is 63.3 Å². The Kier molecular flexibility index (Phi) is 9.04. The number of hydrogen-bond acceptors (Lipinski definition) is 2. The molecule has 0 rings (SSSR count). The van der Waals surface area contributed by atoms with Crippen LogP contribution >= 0.6 is 8.69 Å². The van der Waals surface area contributed by atoms with E-state index in [2.05, 4.69) is 20.8 Å². The molecule has 0 aromatic carbocycles. The van der Waals surface area contributed by atoms with Crippen molar-refractivity contribution in [3.63, 3.8) is 0 Å². The second-order valence-corrected chi connectivity index (χ2v) is 2.61. The largest absolute Gasteiger partial charge is 0.325 e. The lowest BCUT2D eigenvalue weighted by Gasteiger charge is -2.18. The minimum atomic E-state index is -0.833. The van der Waals surface area contributed by atoms with E-state index >= 15 is 0 Å². The number of rotatable bonds is 2. The highest BCUT2D eigenvalue weighted by Crippen LogP contribution is 2.07. The van der Waals surface area contributed by atoms with Crippen LogP contribution in [0.3, 0.4) is 0 Å². The first-order valence-corrected chi connectivity index (χ1v) is 4.06. The molecular weight excluding hydrogens is 149 g/mol. The molecule has 0 radical (unpaired) electrons. The van der Waals surface area contributed by atoms with Crippen LogP contribution < -0.4 is 5.73 Å². The van der Waals surface area contributed by atoms with Crippen LogP contribution in [-0.4, -0.2) is 10.4 Å². The molecule has 0 heterocycles. The normalized spacial score (nSPS) is 10.5. The number of hydrogen-bond donors (Lipinski definition) is 2. The zero-order valence-corrected chi connectivity index (χ0v) is 7.69. The van der Waals surface area contributed by atoms with Gasteiger partial charge in [0.2, 0.25) is 0 Å². The molecule has 0 fully saturated rings. The van der Waals surface area contributed by atoms with Crippen molar-refractivity contribution < 1.29 is 9.46 Å². The predicted molar refractivity (Wildman–Crippen MR) is 43.0 cm³/mol.